The van der Waals surface area contributed by atoms with Crippen LogP contribution < -0.4 is 10.5 Å². The molecule has 1 aromatic carbocycles. The maximum absolute atomic E-state index is 12.8. The first-order valence-electron chi connectivity index (χ1n) is 5.69. The highest BCUT2D eigenvalue weighted by Crippen LogP contribution is 2.49. The summed E-state index contributed by atoms with van der Waals surface area (Å²) >= 11 is 10.5. The first kappa shape index (κ1) is 16.5. The molecule has 10 heteroatoms. The zero-order valence-electron chi connectivity index (χ0n) is 10.4. The summed E-state index contributed by atoms with van der Waals surface area (Å²) in [6, 6.07) is 3.56. The molecule has 0 radical (unpaired) electrons. The third-order valence-electron chi connectivity index (χ3n) is 3.13. The lowest BCUT2D eigenvalue weighted by Gasteiger charge is -2.21. The molecule has 0 unspecified atom stereocenters. The molecule has 4 nitrogen and oxygen atoms in total. The standard InChI is InChI=1S/C11H10ClF3N2O2S2/c12-7-5-6(9(16)20)1-2-8(7)21(18,19)17-10(3-4-10)11(13,14)15/h1-2,5,17H,3-4H2,(H2,16,20). The molecule has 2 rings (SSSR count). The van der Waals surface area contributed by atoms with Crippen LogP contribution in [0.2, 0.25) is 5.02 Å². The number of nitrogens with two attached hydrogens (primary N) is 1. The van der Waals surface area contributed by atoms with Crippen LogP contribution in [-0.2, 0) is 10.0 Å². The van der Waals surface area contributed by atoms with E-state index in [1.54, 1.807) is 4.72 Å². The molecule has 1 aliphatic carbocycles. The van der Waals surface area contributed by atoms with Gasteiger partial charge in [-0.25, -0.2) is 8.42 Å². The third kappa shape index (κ3) is 3.15. The lowest BCUT2D eigenvalue weighted by Crippen LogP contribution is -2.47. The smallest absolute Gasteiger partial charge is 0.389 e. The van der Waals surface area contributed by atoms with Crippen LogP contribution in [0.3, 0.4) is 0 Å². The summed E-state index contributed by atoms with van der Waals surface area (Å²) in [7, 11) is -4.40. The predicted molar refractivity (Wildman–Crippen MR) is 75.7 cm³/mol. The van der Waals surface area contributed by atoms with Crippen molar-refractivity contribution in [2.24, 2.45) is 5.73 Å². The number of halogens is 4. The molecule has 0 amide bonds. The number of thiocarbonyl (C=S) groups is 1. The number of alkyl halides is 3. The minimum atomic E-state index is -4.65. The second-order valence-corrected chi connectivity index (χ2v) is 7.19. The van der Waals surface area contributed by atoms with Gasteiger partial charge in [0, 0.05) is 5.56 Å². The SMILES string of the molecule is NC(=S)c1ccc(S(=O)(=O)NC2(C(F)(F)F)CC2)c(Cl)c1. The van der Waals surface area contributed by atoms with Crippen LogP contribution in [-0.4, -0.2) is 25.1 Å². The Bertz CT molecular complexity index is 700. The molecule has 0 aliphatic heterocycles. The second kappa shape index (κ2) is 5.08. The van der Waals surface area contributed by atoms with Gasteiger partial charge in [-0.15, -0.1) is 0 Å². The maximum Gasteiger partial charge on any atom is 0.407 e. The number of rotatable bonds is 4. The quantitative estimate of drug-likeness (QED) is 0.810. The van der Waals surface area contributed by atoms with Gasteiger partial charge in [-0.2, -0.15) is 17.9 Å². The van der Waals surface area contributed by atoms with Gasteiger partial charge in [-0.3, -0.25) is 0 Å². The van der Waals surface area contributed by atoms with Crippen LogP contribution in [0.4, 0.5) is 13.2 Å². The van der Waals surface area contributed by atoms with Gasteiger partial charge in [-0.05, 0) is 25.0 Å². The largest absolute Gasteiger partial charge is 0.407 e. The molecule has 0 bridgehead atoms. The number of benzene rings is 1. The Morgan fingerprint density at radius 3 is 2.33 bits per heavy atom. The number of hydrogen-bond donors (Lipinski definition) is 2. The molecule has 1 aromatic rings. The molecule has 0 spiro atoms. The number of nitrogens with one attached hydrogen (secondary N) is 1. The maximum atomic E-state index is 12.8. The fourth-order valence-corrected chi connectivity index (χ4v) is 3.87. The lowest BCUT2D eigenvalue weighted by molar-refractivity contribution is -0.160. The minimum absolute atomic E-state index is 0.00256. The molecule has 1 aliphatic rings. The van der Waals surface area contributed by atoms with Gasteiger partial charge in [0.2, 0.25) is 10.0 Å². The first-order chi connectivity index (χ1) is 9.48. The first-order valence-corrected chi connectivity index (χ1v) is 7.95. The van der Waals surface area contributed by atoms with E-state index in [0.29, 0.717) is 5.56 Å². The highest BCUT2D eigenvalue weighted by atomic mass is 35.5. The fraction of sp³-hybridized carbons (Fsp3) is 0.364. The molecule has 0 heterocycles. The van der Waals surface area contributed by atoms with Crippen molar-refractivity contribution in [1.29, 1.82) is 0 Å². The van der Waals surface area contributed by atoms with Crippen molar-refractivity contribution < 1.29 is 21.6 Å². The van der Waals surface area contributed by atoms with E-state index in [0.717, 1.165) is 6.07 Å². The van der Waals surface area contributed by atoms with Crippen molar-refractivity contribution in [2.45, 2.75) is 29.5 Å². The van der Waals surface area contributed by atoms with Gasteiger partial charge in [0.1, 0.15) is 15.4 Å². The minimum Gasteiger partial charge on any atom is -0.389 e. The molecule has 3 N–H and O–H groups in total. The van der Waals surface area contributed by atoms with Crippen molar-refractivity contribution in [3.05, 3.63) is 28.8 Å². The van der Waals surface area contributed by atoms with E-state index in [9.17, 15) is 21.6 Å². The summed E-state index contributed by atoms with van der Waals surface area (Å²) in [6.07, 6.45) is -5.23. The molecular formula is C11H10ClF3N2O2S2. The summed E-state index contributed by atoms with van der Waals surface area (Å²) in [5.41, 5.74) is 3.30. The summed E-state index contributed by atoms with van der Waals surface area (Å²) in [6.45, 7) is 0. The Labute approximate surface area is 129 Å². The molecule has 0 aromatic heterocycles. The van der Waals surface area contributed by atoms with Gasteiger partial charge in [0.15, 0.2) is 0 Å². The lowest BCUT2D eigenvalue weighted by atomic mass is 10.2. The predicted octanol–water partition coefficient (Wildman–Crippen LogP) is 2.35. The van der Waals surface area contributed by atoms with Crippen LogP contribution in [0.5, 0.6) is 0 Å². The fourth-order valence-electron chi connectivity index (χ4n) is 1.75. The second-order valence-electron chi connectivity index (χ2n) is 4.69. The summed E-state index contributed by atoms with van der Waals surface area (Å²) < 4.78 is 64.3. The van der Waals surface area contributed by atoms with Gasteiger partial charge in [0.05, 0.1) is 5.02 Å². The Morgan fingerprint density at radius 1 is 1.38 bits per heavy atom. The highest BCUT2D eigenvalue weighted by molar-refractivity contribution is 7.89. The number of hydrogen-bond acceptors (Lipinski definition) is 3. The van der Waals surface area contributed by atoms with E-state index >= 15 is 0 Å². The van der Waals surface area contributed by atoms with Gasteiger partial charge in [0.25, 0.3) is 0 Å². The zero-order valence-corrected chi connectivity index (χ0v) is 12.8. The van der Waals surface area contributed by atoms with E-state index in [1.165, 1.54) is 12.1 Å². The molecule has 0 atom stereocenters. The zero-order chi connectivity index (χ0) is 16.1. The molecule has 116 valence electrons. The molecular weight excluding hydrogens is 349 g/mol. The molecule has 1 fully saturated rings. The number of sulfonamides is 1. The summed E-state index contributed by atoms with van der Waals surface area (Å²) in [5, 5.41) is -0.245. The van der Waals surface area contributed by atoms with Crippen molar-refractivity contribution in [1.82, 2.24) is 4.72 Å². The van der Waals surface area contributed by atoms with Gasteiger partial charge < -0.3 is 5.73 Å². The van der Waals surface area contributed by atoms with Crippen LogP contribution >= 0.6 is 23.8 Å². The van der Waals surface area contributed by atoms with E-state index in [-0.39, 0.29) is 22.9 Å². The topological polar surface area (TPSA) is 72.2 Å². The van der Waals surface area contributed by atoms with E-state index in [4.69, 9.17) is 29.6 Å². The van der Waals surface area contributed by atoms with Crippen molar-refractivity contribution in [2.75, 3.05) is 0 Å². The average molecular weight is 359 g/mol. The van der Waals surface area contributed by atoms with Crippen LogP contribution in [0, 0.1) is 0 Å². The van der Waals surface area contributed by atoms with Crippen molar-refractivity contribution >= 4 is 38.8 Å². The van der Waals surface area contributed by atoms with E-state index < -0.39 is 26.6 Å². The monoisotopic (exact) mass is 358 g/mol. The molecule has 21 heavy (non-hydrogen) atoms. The van der Waals surface area contributed by atoms with E-state index in [1.807, 2.05) is 0 Å². The van der Waals surface area contributed by atoms with Crippen molar-refractivity contribution in [3.63, 3.8) is 0 Å². The Morgan fingerprint density at radius 2 is 1.95 bits per heavy atom. The van der Waals surface area contributed by atoms with Gasteiger partial charge >= 0.3 is 6.18 Å². The summed E-state index contributed by atoms with van der Waals surface area (Å²) in [4.78, 5) is -0.442. The Hall–Kier alpha value is -0.900. The third-order valence-corrected chi connectivity index (χ3v) is 5.38. The normalized spacial score (nSPS) is 17.5. The Kier molecular flexibility index (Phi) is 3.98. The van der Waals surface area contributed by atoms with Crippen LogP contribution in [0.15, 0.2) is 23.1 Å². The van der Waals surface area contributed by atoms with Gasteiger partial charge in [-0.1, -0.05) is 29.9 Å². The van der Waals surface area contributed by atoms with Crippen LogP contribution in [0.1, 0.15) is 18.4 Å². The summed E-state index contributed by atoms with van der Waals surface area (Å²) in [5.74, 6) is 0. The van der Waals surface area contributed by atoms with E-state index in [2.05, 4.69) is 0 Å². The van der Waals surface area contributed by atoms with Crippen molar-refractivity contribution in [3.8, 4) is 0 Å². The molecule has 0 saturated heterocycles. The van der Waals surface area contributed by atoms with Crippen LogP contribution in [0.25, 0.3) is 0 Å². The molecule has 1 saturated carbocycles. The Balaban J connectivity index is 2.35. The highest BCUT2D eigenvalue weighted by Gasteiger charge is 2.65. The average Bonchev–Trinajstić information content (AvgIpc) is 3.07.